The summed E-state index contributed by atoms with van der Waals surface area (Å²) in [5.74, 6) is 0. The summed E-state index contributed by atoms with van der Waals surface area (Å²) >= 11 is 0. The van der Waals surface area contributed by atoms with Gasteiger partial charge in [-0.1, -0.05) is 46.0 Å². The van der Waals surface area contributed by atoms with Crippen molar-refractivity contribution >= 4 is 0 Å². The van der Waals surface area contributed by atoms with Crippen LogP contribution in [-0.4, -0.2) is 37.1 Å². The largest absolute Gasteiger partial charge is 0.315 e. The van der Waals surface area contributed by atoms with Crippen molar-refractivity contribution in [1.29, 1.82) is 0 Å². The highest BCUT2D eigenvalue weighted by Crippen LogP contribution is 2.24. The maximum absolute atomic E-state index is 3.55. The van der Waals surface area contributed by atoms with E-state index < -0.39 is 0 Å². The molecule has 2 atom stereocenters. The van der Waals surface area contributed by atoms with Crippen molar-refractivity contribution in [3.63, 3.8) is 0 Å². The van der Waals surface area contributed by atoms with E-state index in [1.807, 2.05) is 0 Å². The molecule has 1 saturated carbocycles. The summed E-state index contributed by atoms with van der Waals surface area (Å²) < 4.78 is 0. The van der Waals surface area contributed by atoms with Crippen molar-refractivity contribution in [3.05, 3.63) is 0 Å². The average Bonchev–Trinajstić information content (AvgIpc) is 2.67. The van der Waals surface area contributed by atoms with Crippen LogP contribution in [0.1, 0.15) is 71.6 Å². The Kier molecular flexibility index (Phi) is 7.92. The highest BCUT2D eigenvalue weighted by molar-refractivity contribution is 4.85. The Morgan fingerprint density at radius 2 is 1.72 bits per heavy atom. The third-order valence-electron chi connectivity index (χ3n) is 4.78. The van der Waals surface area contributed by atoms with Crippen LogP contribution in [0.5, 0.6) is 0 Å². The molecule has 2 unspecified atom stereocenters. The van der Waals surface area contributed by atoms with Crippen molar-refractivity contribution in [2.75, 3.05) is 14.1 Å². The zero-order valence-corrected chi connectivity index (χ0v) is 13.0. The summed E-state index contributed by atoms with van der Waals surface area (Å²) in [6.07, 6.45) is 12.4. The van der Waals surface area contributed by atoms with Crippen molar-refractivity contribution < 1.29 is 0 Å². The summed E-state index contributed by atoms with van der Waals surface area (Å²) in [6, 6.07) is 2.19. The normalized spacial score (nSPS) is 21.8. The third-order valence-corrected chi connectivity index (χ3v) is 4.78. The van der Waals surface area contributed by atoms with Gasteiger partial charge >= 0.3 is 0 Å². The second-order valence-electron chi connectivity index (χ2n) is 5.97. The first-order chi connectivity index (χ1) is 8.74. The molecule has 0 saturated heterocycles. The van der Waals surface area contributed by atoms with Crippen LogP contribution in [0, 0.1) is 0 Å². The van der Waals surface area contributed by atoms with Gasteiger partial charge in [0.05, 0.1) is 0 Å². The summed E-state index contributed by atoms with van der Waals surface area (Å²) in [5, 5.41) is 3.55. The minimum atomic E-state index is 0.660. The smallest absolute Gasteiger partial charge is 0.0246 e. The maximum Gasteiger partial charge on any atom is 0.0246 e. The van der Waals surface area contributed by atoms with Gasteiger partial charge in [-0.3, -0.25) is 4.90 Å². The Hall–Kier alpha value is -0.0800. The summed E-state index contributed by atoms with van der Waals surface area (Å²) in [6.45, 7) is 4.64. The molecule has 0 spiro atoms. The van der Waals surface area contributed by atoms with Crippen molar-refractivity contribution in [2.45, 2.75) is 89.8 Å². The van der Waals surface area contributed by atoms with E-state index in [0.717, 1.165) is 6.04 Å². The Bertz CT molecular complexity index is 197. The van der Waals surface area contributed by atoms with Crippen LogP contribution < -0.4 is 5.32 Å². The van der Waals surface area contributed by atoms with Crippen LogP contribution in [0.4, 0.5) is 0 Å². The molecular formula is C16H34N2. The van der Waals surface area contributed by atoms with Crippen molar-refractivity contribution in [1.82, 2.24) is 10.2 Å². The Morgan fingerprint density at radius 1 is 1.11 bits per heavy atom. The van der Waals surface area contributed by atoms with E-state index in [-0.39, 0.29) is 0 Å². The fraction of sp³-hybridized carbons (Fsp3) is 1.00. The zero-order valence-electron chi connectivity index (χ0n) is 13.0. The van der Waals surface area contributed by atoms with Crippen LogP contribution in [0.3, 0.4) is 0 Å². The van der Waals surface area contributed by atoms with Crippen LogP contribution in [-0.2, 0) is 0 Å². The SMILES string of the molecule is CCCC(NC)C(CC)N(C)C1CCCCCC1. The Balaban J connectivity index is 2.60. The van der Waals surface area contributed by atoms with Gasteiger partial charge in [0.1, 0.15) is 0 Å². The summed E-state index contributed by atoms with van der Waals surface area (Å²) in [7, 11) is 4.49. The molecule has 1 aliphatic carbocycles. The molecule has 0 aromatic rings. The Labute approximate surface area is 115 Å². The van der Waals surface area contributed by atoms with E-state index in [2.05, 4.69) is 38.2 Å². The van der Waals surface area contributed by atoms with Gasteiger partial charge in [0.25, 0.3) is 0 Å². The molecule has 1 rings (SSSR count). The first-order valence-electron chi connectivity index (χ1n) is 8.13. The Morgan fingerprint density at radius 3 is 2.17 bits per heavy atom. The lowest BCUT2D eigenvalue weighted by atomic mass is 9.96. The molecule has 108 valence electrons. The van der Waals surface area contributed by atoms with Crippen LogP contribution >= 0.6 is 0 Å². The van der Waals surface area contributed by atoms with Gasteiger partial charge in [0.2, 0.25) is 0 Å². The maximum atomic E-state index is 3.55. The van der Waals surface area contributed by atoms with Crippen molar-refractivity contribution in [2.24, 2.45) is 0 Å². The lowest BCUT2D eigenvalue weighted by Crippen LogP contribution is -2.50. The fourth-order valence-corrected chi connectivity index (χ4v) is 3.63. The second kappa shape index (κ2) is 8.92. The number of likely N-dealkylation sites (N-methyl/N-ethyl adjacent to an activating group) is 2. The summed E-state index contributed by atoms with van der Waals surface area (Å²) in [4.78, 5) is 2.70. The molecular weight excluding hydrogens is 220 g/mol. The predicted octanol–water partition coefficient (Wildman–Crippen LogP) is 3.81. The van der Waals surface area contributed by atoms with Crippen molar-refractivity contribution in [3.8, 4) is 0 Å². The van der Waals surface area contributed by atoms with E-state index >= 15 is 0 Å². The molecule has 1 aliphatic rings. The van der Waals surface area contributed by atoms with Gasteiger partial charge in [-0.2, -0.15) is 0 Å². The highest BCUT2D eigenvalue weighted by atomic mass is 15.2. The first-order valence-corrected chi connectivity index (χ1v) is 8.13. The third kappa shape index (κ3) is 4.55. The zero-order chi connectivity index (χ0) is 13.4. The first kappa shape index (κ1) is 16.0. The molecule has 0 aliphatic heterocycles. The second-order valence-corrected chi connectivity index (χ2v) is 5.97. The molecule has 1 N–H and O–H groups in total. The van der Waals surface area contributed by atoms with Crippen LogP contribution in [0.25, 0.3) is 0 Å². The van der Waals surface area contributed by atoms with E-state index in [0.29, 0.717) is 12.1 Å². The van der Waals surface area contributed by atoms with Gasteiger partial charge in [-0.25, -0.2) is 0 Å². The van der Waals surface area contributed by atoms with Gasteiger partial charge in [0.15, 0.2) is 0 Å². The number of nitrogens with one attached hydrogen (secondary N) is 1. The van der Waals surface area contributed by atoms with E-state index in [9.17, 15) is 0 Å². The molecule has 0 radical (unpaired) electrons. The molecule has 0 heterocycles. The topological polar surface area (TPSA) is 15.3 Å². The molecule has 2 nitrogen and oxygen atoms in total. The van der Waals surface area contributed by atoms with E-state index in [1.165, 1.54) is 57.8 Å². The quantitative estimate of drug-likeness (QED) is 0.695. The average molecular weight is 254 g/mol. The molecule has 0 bridgehead atoms. The monoisotopic (exact) mass is 254 g/mol. The highest BCUT2D eigenvalue weighted by Gasteiger charge is 2.27. The van der Waals surface area contributed by atoms with Crippen LogP contribution in [0.15, 0.2) is 0 Å². The van der Waals surface area contributed by atoms with E-state index in [4.69, 9.17) is 0 Å². The number of hydrogen-bond donors (Lipinski definition) is 1. The number of nitrogens with zero attached hydrogens (tertiary/aromatic N) is 1. The van der Waals surface area contributed by atoms with Gasteiger partial charge < -0.3 is 5.32 Å². The minimum Gasteiger partial charge on any atom is -0.315 e. The van der Waals surface area contributed by atoms with Crippen LogP contribution in [0.2, 0.25) is 0 Å². The molecule has 0 amide bonds. The lowest BCUT2D eigenvalue weighted by molar-refractivity contribution is 0.120. The summed E-state index contributed by atoms with van der Waals surface area (Å²) in [5.41, 5.74) is 0. The molecule has 2 heteroatoms. The number of hydrogen-bond acceptors (Lipinski definition) is 2. The van der Waals surface area contributed by atoms with Gasteiger partial charge in [0, 0.05) is 18.1 Å². The van der Waals surface area contributed by atoms with Gasteiger partial charge in [-0.15, -0.1) is 0 Å². The molecule has 1 fully saturated rings. The molecule has 0 aromatic heterocycles. The van der Waals surface area contributed by atoms with Gasteiger partial charge in [-0.05, 0) is 39.8 Å². The molecule has 18 heavy (non-hydrogen) atoms. The predicted molar refractivity (Wildman–Crippen MR) is 81.1 cm³/mol. The standard InChI is InChI=1S/C16H34N2/c1-5-11-15(17-3)16(6-2)18(4)14-12-9-7-8-10-13-14/h14-17H,5-13H2,1-4H3. The number of rotatable bonds is 7. The molecule has 0 aromatic carbocycles. The van der Waals surface area contributed by atoms with E-state index in [1.54, 1.807) is 0 Å². The lowest BCUT2D eigenvalue weighted by Gasteiger charge is -2.39. The minimum absolute atomic E-state index is 0.660. The fourth-order valence-electron chi connectivity index (χ4n) is 3.63.